The van der Waals surface area contributed by atoms with Gasteiger partial charge in [0.1, 0.15) is 17.7 Å². The van der Waals surface area contributed by atoms with Gasteiger partial charge in [-0.25, -0.2) is 4.99 Å². The van der Waals surface area contributed by atoms with Crippen LogP contribution in [0.5, 0.6) is 0 Å². The summed E-state index contributed by atoms with van der Waals surface area (Å²) in [4.78, 5) is 3.08. The lowest BCUT2D eigenvalue weighted by Crippen LogP contribution is -2.47. The topological polar surface area (TPSA) is 63.5 Å². The van der Waals surface area contributed by atoms with E-state index < -0.39 is 68.9 Å². The van der Waals surface area contributed by atoms with E-state index in [-0.39, 0.29) is 0 Å². The van der Waals surface area contributed by atoms with E-state index >= 15 is 0 Å². The molecule has 0 amide bonds. The third-order valence-electron chi connectivity index (χ3n) is 3.89. The van der Waals surface area contributed by atoms with Crippen LogP contribution in [0, 0.1) is 5.41 Å². The highest BCUT2D eigenvalue weighted by atomic mass is 35.5. The molecular formula is C14H6Cl2F9N5. The Morgan fingerprint density at radius 1 is 0.900 bits per heavy atom. The van der Waals surface area contributed by atoms with E-state index in [1.165, 1.54) is 0 Å². The summed E-state index contributed by atoms with van der Waals surface area (Å²) in [5.74, 6) is -3.04. The first-order valence-electron chi connectivity index (χ1n) is 7.46. The fourth-order valence-corrected chi connectivity index (χ4v) is 3.34. The van der Waals surface area contributed by atoms with E-state index in [4.69, 9.17) is 28.6 Å². The van der Waals surface area contributed by atoms with Crippen molar-refractivity contribution in [3.8, 4) is 0 Å². The first kappa shape index (κ1) is 22.5. The van der Waals surface area contributed by atoms with Crippen LogP contribution in [0.25, 0.3) is 0 Å². The molecule has 0 spiro atoms. The highest BCUT2D eigenvalue weighted by Gasteiger charge is 2.51. The minimum atomic E-state index is -5.34. The van der Waals surface area contributed by atoms with Crippen LogP contribution in [0.3, 0.4) is 0 Å². The van der Waals surface area contributed by atoms with Gasteiger partial charge in [-0.15, -0.1) is 0 Å². The van der Waals surface area contributed by atoms with Crippen LogP contribution in [-0.4, -0.2) is 30.2 Å². The molecule has 2 aliphatic rings. The summed E-state index contributed by atoms with van der Waals surface area (Å²) < 4.78 is 117. The quantitative estimate of drug-likeness (QED) is 0.489. The van der Waals surface area contributed by atoms with Crippen molar-refractivity contribution in [1.29, 1.82) is 5.41 Å². The number of hydrazine groups is 1. The molecule has 0 aliphatic carbocycles. The van der Waals surface area contributed by atoms with Crippen LogP contribution in [0.2, 0.25) is 10.0 Å². The lowest BCUT2D eigenvalue weighted by molar-refractivity contribution is -0.137. The highest BCUT2D eigenvalue weighted by molar-refractivity contribution is 6.40. The highest BCUT2D eigenvalue weighted by Crippen LogP contribution is 2.43. The molecule has 1 fully saturated rings. The van der Waals surface area contributed by atoms with E-state index in [0.29, 0.717) is 17.1 Å². The lowest BCUT2D eigenvalue weighted by Gasteiger charge is -2.25. The molecule has 1 aromatic carbocycles. The largest absolute Gasteiger partial charge is 0.449 e. The number of nitrogens with one attached hydrogen (secondary N) is 3. The number of fused-ring (bicyclic) bond motifs is 1. The number of benzene rings is 1. The number of aliphatic imine (C=N–C) groups is 1. The van der Waals surface area contributed by atoms with Crippen molar-refractivity contribution in [2.45, 2.75) is 24.7 Å². The van der Waals surface area contributed by atoms with Gasteiger partial charge in [0, 0.05) is 0 Å². The van der Waals surface area contributed by atoms with Gasteiger partial charge in [0.15, 0.2) is 0 Å². The van der Waals surface area contributed by atoms with Crippen LogP contribution in [-0.2, 0) is 6.18 Å². The Balaban J connectivity index is 2.12. The Bertz CT molecular complexity index is 954. The minimum Gasteiger partial charge on any atom is -0.332 e. The molecule has 0 bridgehead atoms. The number of anilines is 1. The van der Waals surface area contributed by atoms with Gasteiger partial charge in [0.25, 0.3) is 0 Å². The van der Waals surface area contributed by atoms with Crippen molar-refractivity contribution in [3.63, 3.8) is 0 Å². The Hall–Kier alpha value is -2.19. The van der Waals surface area contributed by atoms with E-state index in [0.717, 1.165) is 5.32 Å². The molecule has 3 rings (SSSR count). The molecule has 2 aliphatic heterocycles. The number of hydrogen-bond acceptors (Lipinski definition) is 4. The number of rotatable bonds is 1. The van der Waals surface area contributed by atoms with Crippen LogP contribution in [0.1, 0.15) is 5.56 Å². The second-order valence-corrected chi connectivity index (χ2v) is 6.70. The first-order valence-corrected chi connectivity index (χ1v) is 8.22. The van der Waals surface area contributed by atoms with Gasteiger partial charge in [0.2, 0.25) is 5.84 Å². The number of halogens is 11. The van der Waals surface area contributed by atoms with Crippen molar-refractivity contribution in [2.75, 3.05) is 5.01 Å². The van der Waals surface area contributed by atoms with Gasteiger partial charge < -0.3 is 5.32 Å². The van der Waals surface area contributed by atoms with E-state index in [1.807, 2.05) is 0 Å². The predicted molar refractivity (Wildman–Crippen MR) is 88.3 cm³/mol. The maximum Gasteiger partial charge on any atom is 0.449 e. The molecule has 0 aromatic heterocycles. The Labute approximate surface area is 170 Å². The fraction of sp³-hybridized carbons (Fsp3) is 0.286. The van der Waals surface area contributed by atoms with Crippen LogP contribution in [0.15, 0.2) is 28.4 Å². The normalized spacial score (nSPS) is 20.4. The number of alkyl halides is 9. The summed E-state index contributed by atoms with van der Waals surface area (Å²) >= 11 is 11.6. The molecule has 164 valence electrons. The van der Waals surface area contributed by atoms with Crippen LogP contribution >= 0.6 is 23.2 Å². The number of amidine groups is 2. The lowest BCUT2D eigenvalue weighted by atomic mass is 10.1. The summed E-state index contributed by atoms with van der Waals surface area (Å²) in [5.41, 5.74) is -2.70. The molecule has 0 saturated carbocycles. The molecule has 1 unspecified atom stereocenters. The third-order valence-corrected chi connectivity index (χ3v) is 4.47. The molecule has 1 saturated heterocycles. The van der Waals surface area contributed by atoms with Gasteiger partial charge in [-0.05, 0) is 12.1 Å². The number of hydrogen-bond donors (Lipinski definition) is 3. The smallest absolute Gasteiger partial charge is 0.332 e. The van der Waals surface area contributed by atoms with Gasteiger partial charge >= 0.3 is 18.5 Å². The van der Waals surface area contributed by atoms with Gasteiger partial charge in [-0.1, -0.05) is 23.2 Å². The zero-order chi connectivity index (χ0) is 22.8. The molecule has 5 nitrogen and oxygen atoms in total. The molecule has 1 atom stereocenters. The van der Waals surface area contributed by atoms with Crippen LogP contribution in [0.4, 0.5) is 45.2 Å². The molecule has 1 aromatic rings. The van der Waals surface area contributed by atoms with Crippen molar-refractivity contribution in [1.82, 2.24) is 10.7 Å². The predicted octanol–water partition coefficient (Wildman–Crippen LogP) is 5.02. The molecule has 30 heavy (non-hydrogen) atoms. The summed E-state index contributed by atoms with van der Waals surface area (Å²) in [5, 5.41) is 8.07. The Morgan fingerprint density at radius 3 is 1.87 bits per heavy atom. The van der Waals surface area contributed by atoms with Crippen molar-refractivity contribution >= 4 is 40.6 Å². The third kappa shape index (κ3) is 3.90. The Kier molecular flexibility index (Phi) is 5.19. The zero-order valence-electron chi connectivity index (χ0n) is 13.8. The minimum absolute atomic E-state index is 0.404. The second kappa shape index (κ2) is 6.92. The summed E-state index contributed by atoms with van der Waals surface area (Å²) in [6.07, 6.45) is -17.5. The van der Waals surface area contributed by atoms with E-state index in [9.17, 15) is 39.5 Å². The second-order valence-electron chi connectivity index (χ2n) is 5.89. The van der Waals surface area contributed by atoms with Gasteiger partial charge in [-0.2, -0.15) is 44.9 Å². The molecule has 3 N–H and O–H groups in total. The summed E-state index contributed by atoms with van der Waals surface area (Å²) in [6.45, 7) is 0. The maximum atomic E-state index is 13.3. The first-order chi connectivity index (χ1) is 13.5. The average molecular weight is 486 g/mol. The maximum absolute atomic E-state index is 13.3. The Morgan fingerprint density at radius 2 is 1.43 bits per heavy atom. The summed E-state index contributed by atoms with van der Waals surface area (Å²) in [6, 6.07) is 0.808. The van der Waals surface area contributed by atoms with Gasteiger partial charge in [-0.3, -0.25) is 10.4 Å². The molecule has 2 heterocycles. The monoisotopic (exact) mass is 485 g/mol. The molecule has 0 radical (unpaired) electrons. The van der Waals surface area contributed by atoms with E-state index in [2.05, 4.69) is 10.4 Å². The molecular weight excluding hydrogens is 480 g/mol. The number of nitrogens with zero attached hydrogens (tertiary/aromatic N) is 2. The van der Waals surface area contributed by atoms with Crippen LogP contribution < -0.4 is 15.8 Å². The van der Waals surface area contributed by atoms with Crippen molar-refractivity contribution < 1.29 is 39.5 Å². The fourth-order valence-electron chi connectivity index (χ4n) is 2.68. The SMILES string of the molecule is N=C1C2=C(C(F)(F)F)NC(C(F)(F)F)=NC2NN1c1c(Cl)cc(C(F)(F)F)cc1Cl. The van der Waals surface area contributed by atoms with Crippen molar-refractivity contribution in [3.05, 3.63) is 39.0 Å². The standard InChI is InChI=1S/C14H6Cl2F9N5/c15-4-1-3(12(17,18)19)2-5(16)7(4)30-9(26)6-8(13(20,21)22)27-11(14(23,24)25)28-10(6)29-30/h1-2,10,26,29H,(H,27,28). The summed E-state index contributed by atoms with van der Waals surface area (Å²) in [7, 11) is 0. The van der Waals surface area contributed by atoms with E-state index in [1.54, 1.807) is 0 Å². The van der Waals surface area contributed by atoms with Gasteiger partial charge in [0.05, 0.1) is 26.9 Å². The zero-order valence-corrected chi connectivity index (χ0v) is 15.3. The average Bonchev–Trinajstić information content (AvgIpc) is 2.87. The molecule has 16 heteroatoms. The number of allylic oxidation sites excluding steroid dienone is 1. The van der Waals surface area contributed by atoms with Crippen molar-refractivity contribution in [2.24, 2.45) is 4.99 Å².